The fourth-order valence-electron chi connectivity index (χ4n) is 2.61. The Labute approximate surface area is 128 Å². The quantitative estimate of drug-likeness (QED) is 0.472. The second-order valence-electron chi connectivity index (χ2n) is 5.05. The fraction of sp³-hybridized carbons (Fsp3) is 0.312. The van der Waals surface area contributed by atoms with E-state index in [0.717, 1.165) is 0 Å². The van der Waals surface area contributed by atoms with Crippen LogP contribution in [0.4, 0.5) is 11.4 Å². The number of ketones is 1. The summed E-state index contributed by atoms with van der Waals surface area (Å²) in [5, 5.41) is 18.4. The van der Waals surface area contributed by atoms with Crippen molar-refractivity contribution in [2.45, 2.75) is 19.8 Å². The maximum Gasteiger partial charge on any atom is 0.163 e. The number of rotatable bonds is 6. The molecule has 2 aromatic rings. The van der Waals surface area contributed by atoms with Crippen molar-refractivity contribution in [1.29, 1.82) is 0 Å². The van der Waals surface area contributed by atoms with Crippen molar-refractivity contribution in [1.82, 2.24) is 0 Å². The van der Waals surface area contributed by atoms with Gasteiger partial charge in [-0.1, -0.05) is 0 Å². The Morgan fingerprint density at radius 3 is 2.41 bits per heavy atom. The number of Topliss-reactive ketones (excluding diaryl/α,β-unsaturated/α-hetero) is 1. The lowest BCUT2D eigenvalue weighted by Crippen LogP contribution is -2.10. The van der Waals surface area contributed by atoms with Gasteiger partial charge in [0.25, 0.3) is 0 Å². The van der Waals surface area contributed by atoms with E-state index in [-0.39, 0.29) is 19.0 Å². The molecule has 0 aliphatic rings. The summed E-state index contributed by atoms with van der Waals surface area (Å²) in [6.07, 6.45) is 2.09. The number of hydrogen-bond acceptors (Lipinski definition) is 6. The Morgan fingerprint density at radius 2 is 1.82 bits per heavy atom. The number of anilines is 2. The first-order valence-corrected chi connectivity index (χ1v) is 7.01. The molecular formula is C16H20N2O4. The number of aliphatic hydroxyl groups excluding tert-OH is 2. The van der Waals surface area contributed by atoms with E-state index in [4.69, 9.17) is 15.9 Å². The van der Waals surface area contributed by atoms with Crippen LogP contribution < -0.4 is 11.5 Å². The molecule has 2 rings (SSSR count). The van der Waals surface area contributed by atoms with E-state index in [9.17, 15) is 15.0 Å². The molecule has 22 heavy (non-hydrogen) atoms. The van der Waals surface area contributed by atoms with Crippen LogP contribution in [-0.2, 0) is 12.8 Å². The molecule has 1 aromatic heterocycles. The summed E-state index contributed by atoms with van der Waals surface area (Å²) in [5.74, 6) is 0.233. The van der Waals surface area contributed by atoms with Crippen LogP contribution in [0.1, 0.15) is 28.4 Å². The molecule has 0 aliphatic carbocycles. The van der Waals surface area contributed by atoms with Crippen LogP contribution in [0.5, 0.6) is 0 Å². The summed E-state index contributed by atoms with van der Waals surface area (Å²) in [5.41, 5.74) is 15.5. The third kappa shape index (κ3) is 2.84. The lowest BCUT2D eigenvalue weighted by Gasteiger charge is -2.17. The maximum absolute atomic E-state index is 11.7. The summed E-state index contributed by atoms with van der Waals surface area (Å²) in [6, 6.07) is 3.23. The maximum atomic E-state index is 11.7. The van der Waals surface area contributed by atoms with Gasteiger partial charge in [-0.25, -0.2) is 0 Å². The van der Waals surface area contributed by atoms with Crippen molar-refractivity contribution < 1.29 is 19.4 Å². The lowest BCUT2D eigenvalue weighted by atomic mass is 9.92. The van der Waals surface area contributed by atoms with Gasteiger partial charge < -0.3 is 26.1 Å². The molecule has 1 heterocycles. The average Bonchev–Trinajstić information content (AvgIpc) is 2.95. The van der Waals surface area contributed by atoms with Gasteiger partial charge in [0, 0.05) is 30.2 Å². The summed E-state index contributed by atoms with van der Waals surface area (Å²) in [4.78, 5) is 11.7. The minimum atomic E-state index is -0.134. The van der Waals surface area contributed by atoms with E-state index in [2.05, 4.69) is 0 Å². The van der Waals surface area contributed by atoms with Gasteiger partial charge >= 0.3 is 0 Å². The number of furan rings is 1. The minimum absolute atomic E-state index is 0.0686. The summed E-state index contributed by atoms with van der Waals surface area (Å²) in [7, 11) is 0. The average molecular weight is 304 g/mol. The van der Waals surface area contributed by atoms with Crippen molar-refractivity contribution in [3.05, 3.63) is 35.1 Å². The Hall–Kier alpha value is -2.31. The van der Waals surface area contributed by atoms with Crippen molar-refractivity contribution in [3.63, 3.8) is 0 Å². The summed E-state index contributed by atoms with van der Waals surface area (Å²) in [6.45, 7) is 1.28. The van der Waals surface area contributed by atoms with Crippen molar-refractivity contribution in [2.24, 2.45) is 0 Å². The molecule has 6 nitrogen and oxygen atoms in total. The number of hydrogen-bond donors (Lipinski definition) is 4. The number of carbonyl (C=O) groups is 1. The molecule has 6 N–H and O–H groups in total. The van der Waals surface area contributed by atoms with Crippen molar-refractivity contribution in [2.75, 3.05) is 24.7 Å². The zero-order valence-electron chi connectivity index (χ0n) is 12.4. The van der Waals surface area contributed by atoms with Gasteiger partial charge in [-0.15, -0.1) is 0 Å². The van der Waals surface area contributed by atoms with Crippen molar-refractivity contribution in [3.8, 4) is 11.3 Å². The molecule has 1 aromatic carbocycles. The first kappa shape index (κ1) is 16.1. The second-order valence-corrected chi connectivity index (χ2v) is 5.05. The van der Waals surface area contributed by atoms with Crippen LogP contribution in [0.15, 0.2) is 22.8 Å². The van der Waals surface area contributed by atoms with Gasteiger partial charge in [-0.3, -0.25) is 4.79 Å². The van der Waals surface area contributed by atoms with E-state index < -0.39 is 0 Å². The molecule has 0 spiro atoms. The number of aliphatic hydroxyl groups is 2. The molecule has 0 fully saturated rings. The SMILES string of the molecule is CC(=O)c1ccoc1-c1cc(N)c(CCO)c(CCO)c1N. The fourth-order valence-corrected chi connectivity index (χ4v) is 2.61. The van der Waals surface area contributed by atoms with E-state index in [1.54, 1.807) is 12.1 Å². The van der Waals surface area contributed by atoms with Gasteiger partial charge in [-0.2, -0.15) is 0 Å². The Kier molecular flexibility index (Phi) is 4.85. The monoisotopic (exact) mass is 304 g/mol. The van der Waals surface area contributed by atoms with Crippen LogP contribution in [0.3, 0.4) is 0 Å². The Bertz CT molecular complexity index is 692. The topological polar surface area (TPSA) is 123 Å². The first-order chi connectivity index (χ1) is 10.5. The van der Waals surface area contributed by atoms with Crippen LogP contribution in [-0.4, -0.2) is 29.2 Å². The normalized spacial score (nSPS) is 10.9. The highest BCUT2D eigenvalue weighted by Gasteiger charge is 2.20. The van der Waals surface area contributed by atoms with Gasteiger partial charge in [0.05, 0.1) is 11.8 Å². The summed E-state index contributed by atoms with van der Waals surface area (Å²) < 4.78 is 5.41. The van der Waals surface area contributed by atoms with Gasteiger partial charge in [0.1, 0.15) is 5.76 Å². The molecule has 0 unspecified atom stereocenters. The predicted octanol–water partition coefficient (Wildman–Crippen LogP) is 1.38. The molecule has 0 radical (unpaired) electrons. The third-order valence-corrected chi connectivity index (χ3v) is 3.64. The standard InChI is InChI=1S/C16H20N2O4/c1-9(21)10-4-7-22-16(10)13-8-14(17)11(2-5-19)12(3-6-20)15(13)18/h4,7-8,19-20H,2-3,5-6,17-18H2,1H3. The molecule has 0 saturated heterocycles. The van der Waals surface area contributed by atoms with Crippen LogP contribution in [0.25, 0.3) is 11.3 Å². The molecular weight excluding hydrogens is 284 g/mol. The Morgan fingerprint density at radius 1 is 1.18 bits per heavy atom. The first-order valence-electron chi connectivity index (χ1n) is 7.01. The third-order valence-electron chi connectivity index (χ3n) is 3.64. The number of carbonyl (C=O) groups excluding carboxylic acids is 1. The Balaban J connectivity index is 2.67. The number of benzene rings is 1. The smallest absolute Gasteiger partial charge is 0.163 e. The predicted molar refractivity (Wildman–Crippen MR) is 84.6 cm³/mol. The highest BCUT2D eigenvalue weighted by atomic mass is 16.3. The highest BCUT2D eigenvalue weighted by Crippen LogP contribution is 2.37. The second kappa shape index (κ2) is 6.64. The lowest BCUT2D eigenvalue weighted by molar-refractivity contribution is 0.101. The molecule has 6 heteroatoms. The van der Waals surface area contributed by atoms with Gasteiger partial charge in [0.15, 0.2) is 5.78 Å². The minimum Gasteiger partial charge on any atom is -0.463 e. The molecule has 0 bridgehead atoms. The van der Waals surface area contributed by atoms with Gasteiger partial charge in [0.2, 0.25) is 0 Å². The largest absolute Gasteiger partial charge is 0.463 e. The van der Waals surface area contributed by atoms with E-state index >= 15 is 0 Å². The zero-order valence-corrected chi connectivity index (χ0v) is 12.4. The van der Waals surface area contributed by atoms with Crippen molar-refractivity contribution >= 4 is 17.2 Å². The zero-order chi connectivity index (χ0) is 16.3. The van der Waals surface area contributed by atoms with Crippen LogP contribution >= 0.6 is 0 Å². The summed E-state index contributed by atoms with van der Waals surface area (Å²) >= 11 is 0. The van der Waals surface area contributed by atoms with Gasteiger partial charge in [-0.05, 0) is 43.0 Å². The molecule has 0 atom stereocenters. The number of nitrogens with two attached hydrogens (primary N) is 2. The molecule has 118 valence electrons. The van der Waals surface area contributed by atoms with Crippen LogP contribution in [0.2, 0.25) is 0 Å². The molecule has 0 aliphatic heterocycles. The van der Waals surface area contributed by atoms with E-state index in [0.29, 0.717) is 52.2 Å². The van der Waals surface area contributed by atoms with Crippen LogP contribution in [0, 0.1) is 0 Å². The molecule has 0 amide bonds. The number of nitrogen functional groups attached to an aromatic ring is 2. The molecule has 0 saturated carbocycles. The van der Waals surface area contributed by atoms with E-state index in [1.165, 1.54) is 13.2 Å². The van der Waals surface area contributed by atoms with E-state index in [1.807, 2.05) is 0 Å². The highest BCUT2D eigenvalue weighted by molar-refractivity contribution is 6.01.